The minimum atomic E-state index is -0.477. The highest BCUT2D eigenvalue weighted by Crippen LogP contribution is 2.15. The molecule has 1 aliphatic heterocycles. The number of benzene rings is 2. The summed E-state index contributed by atoms with van der Waals surface area (Å²) in [5.41, 5.74) is 1.02. The molecule has 0 aliphatic carbocycles. The second kappa shape index (κ2) is 9.30. The topological polar surface area (TPSA) is 104 Å². The van der Waals surface area contributed by atoms with Gasteiger partial charge in [-0.1, -0.05) is 30.3 Å². The second-order valence-corrected chi connectivity index (χ2v) is 8.21. The highest BCUT2D eigenvalue weighted by molar-refractivity contribution is 5.97. The van der Waals surface area contributed by atoms with Crippen LogP contribution in [0.2, 0.25) is 0 Å². The SMILES string of the molecule is O=C(c1ccc2c(=O)n(CCc3ccccc3)c(=O)[nH]c2c1)N1CCN(c2ncccn2)CC1. The van der Waals surface area contributed by atoms with Gasteiger partial charge < -0.3 is 14.8 Å². The molecule has 3 heterocycles. The Hall–Kier alpha value is -4.27. The van der Waals surface area contributed by atoms with E-state index in [0.29, 0.717) is 55.0 Å². The first-order valence-electron chi connectivity index (χ1n) is 11.2. The quantitative estimate of drug-likeness (QED) is 0.490. The van der Waals surface area contributed by atoms with Gasteiger partial charge in [-0.05, 0) is 36.2 Å². The van der Waals surface area contributed by atoms with Gasteiger partial charge in [-0.3, -0.25) is 14.2 Å². The van der Waals surface area contributed by atoms with Gasteiger partial charge in [0, 0.05) is 50.7 Å². The lowest BCUT2D eigenvalue weighted by molar-refractivity contribution is 0.0746. The molecule has 34 heavy (non-hydrogen) atoms. The van der Waals surface area contributed by atoms with E-state index in [1.54, 1.807) is 41.6 Å². The highest BCUT2D eigenvalue weighted by Gasteiger charge is 2.24. The van der Waals surface area contributed by atoms with E-state index in [1.165, 1.54) is 4.57 Å². The van der Waals surface area contributed by atoms with Crippen LogP contribution in [-0.2, 0) is 13.0 Å². The largest absolute Gasteiger partial charge is 0.337 e. The van der Waals surface area contributed by atoms with E-state index in [1.807, 2.05) is 35.2 Å². The van der Waals surface area contributed by atoms with E-state index in [-0.39, 0.29) is 18.0 Å². The van der Waals surface area contributed by atoms with E-state index >= 15 is 0 Å². The maximum absolute atomic E-state index is 13.1. The summed E-state index contributed by atoms with van der Waals surface area (Å²) in [6.07, 6.45) is 3.97. The van der Waals surface area contributed by atoms with Gasteiger partial charge in [-0.2, -0.15) is 0 Å². The number of nitrogens with one attached hydrogen (secondary N) is 1. The number of aromatic amines is 1. The fourth-order valence-electron chi connectivity index (χ4n) is 4.22. The standard InChI is InChI=1S/C25H24N6O3/c32-22(29-13-15-30(16-14-29)24-26-10-4-11-27-24)19-7-8-20-21(17-19)28-25(34)31(23(20)33)12-9-18-5-2-1-3-6-18/h1-8,10-11,17H,9,12-16H2,(H,28,34). The van der Waals surface area contributed by atoms with Crippen LogP contribution in [-0.4, -0.2) is 56.5 Å². The maximum atomic E-state index is 13.1. The Kier molecular flexibility index (Phi) is 5.90. The number of carbonyl (C=O) groups excluding carboxylic acids is 1. The van der Waals surface area contributed by atoms with Crippen molar-refractivity contribution >= 4 is 22.8 Å². The third kappa shape index (κ3) is 4.32. The normalized spacial score (nSPS) is 13.9. The van der Waals surface area contributed by atoms with Crippen molar-refractivity contribution in [1.82, 2.24) is 24.4 Å². The van der Waals surface area contributed by atoms with Crippen LogP contribution < -0.4 is 16.1 Å². The molecule has 5 rings (SSSR count). The van der Waals surface area contributed by atoms with Crippen LogP contribution in [0, 0.1) is 0 Å². The van der Waals surface area contributed by atoms with Crippen molar-refractivity contribution < 1.29 is 4.79 Å². The Labute approximate surface area is 195 Å². The third-order valence-electron chi connectivity index (χ3n) is 6.10. The molecular formula is C25H24N6O3. The molecule has 0 atom stereocenters. The summed E-state index contributed by atoms with van der Waals surface area (Å²) in [6.45, 7) is 2.61. The second-order valence-electron chi connectivity index (χ2n) is 8.21. The lowest BCUT2D eigenvalue weighted by atomic mass is 10.1. The molecule has 2 aromatic heterocycles. The number of rotatable bonds is 5. The smallest absolute Gasteiger partial charge is 0.328 e. The summed E-state index contributed by atoms with van der Waals surface area (Å²) in [4.78, 5) is 53.8. The number of aryl methyl sites for hydroxylation is 1. The van der Waals surface area contributed by atoms with Crippen LogP contribution in [0.15, 0.2) is 76.6 Å². The molecule has 172 valence electrons. The zero-order valence-corrected chi connectivity index (χ0v) is 18.6. The Morgan fingerprint density at radius 2 is 1.65 bits per heavy atom. The van der Waals surface area contributed by atoms with Gasteiger partial charge in [-0.15, -0.1) is 0 Å². The molecule has 9 heteroatoms. The number of H-pyrrole nitrogens is 1. The average Bonchev–Trinajstić information content (AvgIpc) is 2.89. The molecule has 1 aliphatic rings. The zero-order valence-electron chi connectivity index (χ0n) is 18.6. The number of hydrogen-bond acceptors (Lipinski definition) is 6. The van der Waals surface area contributed by atoms with Crippen molar-refractivity contribution in [1.29, 1.82) is 0 Å². The number of hydrogen-bond donors (Lipinski definition) is 1. The summed E-state index contributed by atoms with van der Waals surface area (Å²) in [7, 11) is 0. The van der Waals surface area contributed by atoms with E-state index in [9.17, 15) is 14.4 Å². The molecular weight excluding hydrogens is 432 g/mol. The molecule has 2 aromatic carbocycles. The molecule has 1 saturated heterocycles. The summed E-state index contributed by atoms with van der Waals surface area (Å²) in [5.74, 6) is 0.519. The number of piperazine rings is 1. The Morgan fingerprint density at radius 1 is 0.912 bits per heavy atom. The average molecular weight is 457 g/mol. The van der Waals surface area contributed by atoms with Crippen molar-refractivity contribution in [3.63, 3.8) is 0 Å². The Bertz CT molecular complexity index is 1420. The van der Waals surface area contributed by atoms with Crippen molar-refractivity contribution in [2.45, 2.75) is 13.0 Å². The zero-order chi connectivity index (χ0) is 23.5. The van der Waals surface area contributed by atoms with E-state index in [0.717, 1.165) is 5.56 Å². The Morgan fingerprint density at radius 3 is 2.38 bits per heavy atom. The van der Waals surface area contributed by atoms with Crippen LogP contribution in [0.3, 0.4) is 0 Å². The highest BCUT2D eigenvalue weighted by atomic mass is 16.2. The summed E-state index contributed by atoms with van der Waals surface area (Å²) in [5, 5.41) is 0.384. The molecule has 4 aromatic rings. The van der Waals surface area contributed by atoms with Crippen LogP contribution in [0.5, 0.6) is 0 Å². The van der Waals surface area contributed by atoms with Crippen molar-refractivity contribution in [3.05, 3.63) is 99.0 Å². The fourth-order valence-corrected chi connectivity index (χ4v) is 4.22. The number of anilines is 1. The molecule has 1 fully saturated rings. The first kappa shape index (κ1) is 21.6. The number of fused-ring (bicyclic) bond motifs is 1. The van der Waals surface area contributed by atoms with Crippen molar-refractivity contribution in [2.24, 2.45) is 0 Å². The van der Waals surface area contributed by atoms with Gasteiger partial charge in [0.1, 0.15) is 0 Å². The fraction of sp³-hybridized carbons (Fsp3) is 0.240. The van der Waals surface area contributed by atoms with E-state index in [4.69, 9.17) is 0 Å². The summed E-state index contributed by atoms with van der Waals surface area (Å²) in [6, 6.07) is 16.3. The van der Waals surface area contributed by atoms with E-state index in [2.05, 4.69) is 15.0 Å². The Balaban J connectivity index is 1.32. The number of amides is 1. The molecule has 0 bridgehead atoms. The molecule has 0 unspecified atom stereocenters. The van der Waals surface area contributed by atoms with E-state index < -0.39 is 5.69 Å². The monoisotopic (exact) mass is 456 g/mol. The van der Waals surface area contributed by atoms with Gasteiger partial charge in [0.15, 0.2) is 0 Å². The number of aromatic nitrogens is 4. The van der Waals surface area contributed by atoms with Gasteiger partial charge in [0.2, 0.25) is 5.95 Å². The van der Waals surface area contributed by atoms with Gasteiger partial charge >= 0.3 is 5.69 Å². The third-order valence-corrected chi connectivity index (χ3v) is 6.10. The molecule has 9 nitrogen and oxygen atoms in total. The van der Waals surface area contributed by atoms with Crippen LogP contribution in [0.4, 0.5) is 5.95 Å². The first-order valence-corrected chi connectivity index (χ1v) is 11.2. The first-order chi connectivity index (χ1) is 16.6. The van der Waals surface area contributed by atoms with Gasteiger partial charge in [0.05, 0.1) is 10.9 Å². The summed E-state index contributed by atoms with van der Waals surface area (Å²) < 4.78 is 1.21. The number of carbonyl (C=O) groups is 1. The molecule has 0 spiro atoms. The van der Waals surface area contributed by atoms with Crippen LogP contribution >= 0.6 is 0 Å². The lowest BCUT2D eigenvalue weighted by Crippen LogP contribution is -2.49. The summed E-state index contributed by atoms with van der Waals surface area (Å²) >= 11 is 0. The minimum Gasteiger partial charge on any atom is -0.337 e. The van der Waals surface area contributed by atoms with Crippen LogP contribution in [0.1, 0.15) is 15.9 Å². The molecule has 0 saturated carbocycles. The van der Waals surface area contributed by atoms with Crippen LogP contribution in [0.25, 0.3) is 10.9 Å². The predicted octanol–water partition coefficient (Wildman–Crippen LogP) is 1.68. The predicted molar refractivity (Wildman–Crippen MR) is 129 cm³/mol. The van der Waals surface area contributed by atoms with Crippen molar-refractivity contribution in [3.8, 4) is 0 Å². The van der Waals surface area contributed by atoms with Gasteiger partial charge in [-0.25, -0.2) is 14.8 Å². The number of nitrogens with zero attached hydrogens (tertiary/aromatic N) is 5. The molecule has 1 N–H and O–H groups in total. The molecule has 1 amide bonds. The minimum absolute atomic E-state index is 0.135. The van der Waals surface area contributed by atoms with Gasteiger partial charge in [0.25, 0.3) is 11.5 Å². The maximum Gasteiger partial charge on any atom is 0.328 e. The van der Waals surface area contributed by atoms with Crippen molar-refractivity contribution in [2.75, 3.05) is 31.1 Å². The molecule has 0 radical (unpaired) electrons. The lowest BCUT2D eigenvalue weighted by Gasteiger charge is -2.34.